The Kier molecular flexibility index (Phi) is 3.96. The maximum Gasteiger partial charge on any atom is 0.274 e. The lowest BCUT2D eigenvalue weighted by molar-refractivity contribution is -0.0441. The first-order valence-corrected chi connectivity index (χ1v) is 6.23. The second kappa shape index (κ2) is 5.50. The first-order chi connectivity index (χ1) is 9.08. The minimum atomic E-state index is -0.278. The molecule has 1 unspecified atom stereocenters. The number of nitrogens with zero attached hydrogens (tertiary/aromatic N) is 3. The lowest BCUT2D eigenvalue weighted by Gasteiger charge is -2.39. The molecule has 0 bridgehead atoms. The van der Waals surface area contributed by atoms with Gasteiger partial charge in [-0.25, -0.2) is 5.84 Å². The van der Waals surface area contributed by atoms with Gasteiger partial charge in [0.1, 0.15) is 0 Å². The van der Waals surface area contributed by atoms with Crippen LogP contribution in [0.3, 0.4) is 0 Å². The predicted octanol–water partition coefficient (Wildman–Crippen LogP) is 0.403. The van der Waals surface area contributed by atoms with Crippen LogP contribution in [0.1, 0.15) is 30.3 Å². The lowest BCUT2D eigenvalue weighted by atomic mass is 9.94. The number of aromatic nitrogens is 2. The summed E-state index contributed by atoms with van der Waals surface area (Å²) in [5.41, 5.74) is 2.42. The lowest BCUT2D eigenvalue weighted by Crippen LogP contribution is -2.49. The number of hydrazine groups is 1. The van der Waals surface area contributed by atoms with Crippen molar-refractivity contribution in [2.75, 3.05) is 25.6 Å². The molecule has 0 saturated carbocycles. The highest BCUT2D eigenvalue weighted by atomic mass is 16.5. The van der Waals surface area contributed by atoms with E-state index in [0.717, 1.165) is 19.4 Å². The van der Waals surface area contributed by atoms with Gasteiger partial charge in [0, 0.05) is 20.2 Å². The molecule has 2 heterocycles. The summed E-state index contributed by atoms with van der Waals surface area (Å²) in [6, 6.07) is 3.24. The van der Waals surface area contributed by atoms with Gasteiger partial charge in [-0.2, -0.15) is 0 Å². The molecule has 7 nitrogen and oxygen atoms in total. The maximum absolute atomic E-state index is 12.3. The Labute approximate surface area is 112 Å². The monoisotopic (exact) mass is 265 g/mol. The highest BCUT2D eigenvalue weighted by Crippen LogP contribution is 2.24. The molecule has 1 aromatic heterocycles. The summed E-state index contributed by atoms with van der Waals surface area (Å²) in [6.07, 6.45) is 1.88. The van der Waals surface area contributed by atoms with E-state index >= 15 is 0 Å². The van der Waals surface area contributed by atoms with Gasteiger partial charge in [-0.05, 0) is 31.9 Å². The van der Waals surface area contributed by atoms with Crippen molar-refractivity contribution in [3.63, 3.8) is 0 Å². The Morgan fingerprint density at radius 3 is 2.89 bits per heavy atom. The largest absolute Gasteiger partial charge is 0.377 e. The number of rotatable bonds is 3. The summed E-state index contributed by atoms with van der Waals surface area (Å²) in [7, 11) is 1.68. The zero-order chi connectivity index (χ0) is 13.9. The molecule has 104 valence electrons. The number of amides is 1. The summed E-state index contributed by atoms with van der Waals surface area (Å²) in [5, 5.41) is 7.68. The van der Waals surface area contributed by atoms with Crippen molar-refractivity contribution in [3.05, 3.63) is 17.8 Å². The maximum atomic E-state index is 12.3. The normalized spacial score (nSPS) is 23.2. The third-order valence-corrected chi connectivity index (χ3v) is 3.47. The number of carbonyl (C=O) groups is 1. The van der Waals surface area contributed by atoms with Gasteiger partial charge in [0.15, 0.2) is 11.5 Å². The number of piperidine rings is 1. The van der Waals surface area contributed by atoms with Crippen LogP contribution in [-0.2, 0) is 4.74 Å². The predicted molar refractivity (Wildman–Crippen MR) is 70.4 cm³/mol. The Bertz CT molecular complexity index is 450. The van der Waals surface area contributed by atoms with Crippen LogP contribution < -0.4 is 11.3 Å². The molecule has 3 N–H and O–H groups in total. The molecule has 7 heteroatoms. The summed E-state index contributed by atoms with van der Waals surface area (Å²) in [4.78, 5) is 14.1. The number of carbonyl (C=O) groups excluding carboxylic acids is 1. The van der Waals surface area contributed by atoms with E-state index in [1.54, 1.807) is 24.1 Å². The van der Waals surface area contributed by atoms with Gasteiger partial charge in [-0.3, -0.25) is 4.79 Å². The van der Waals surface area contributed by atoms with Crippen LogP contribution in [0.2, 0.25) is 0 Å². The third kappa shape index (κ3) is 2.99. The Balaban J connectivity index is 2.10. The zero-order valence-corrected chi connectivity index (χ0v) is 11.2. The van der Waals surface area contributed by atoms with Crippen LogP contribution in [0, 0.1) is 0 Å². The van der Waals surface area contributed by atoms with Crippen LogP contribution in [0.15, 0.2) is 12.1 Å². The van der Waals surface area contributed by atoms with E-state index in [9.17, 15) is 4.79 Å². The highest BCUT2D eigenvalue weighted by Gasteiger charge is 2.33. The first-order valence-electron chi connectivity index (χ1n) is 6.23. The van der Waals surface area contributed by atoms with Crippen LogP contribution in [-0.4, -0.2) is 46.8 Å². The third-order valence-electron chi connectivity index (χ3n) is 3.47. The molecule has 1 saturated heterocycles. The van der Waals surface area contributed by atoms with Crippen molar-refractivity contribution in [1.82, 2.24) is 15.1 Å². The van der Waals surface area contributed by atoms with Crippen molar-refractivity contribution in [1.29, 1.82) is 0 Å². The quantitative estimate of drug-likeness (QED) is 0.607. The van der Waals surface area contributed by atoms with Crippen LogP contribution in [0.25, 0.3) is 0 Å². The molecular formula is C12H19N5O2. The number of hydrogen-bond acceptors (Lipinski definition) is 6. The minimum Gasteiger partial charge on any atom is -0.377 e. The molecule has 19 heavy (non-hydrogen) atoms. The molecule has 1 aliphatic rings. The molecule has 0 aliphatic carbocycles. The van der Waals surface area contributed by atoms with Crippen molar-refractivity contribution >= 4 is 11.7 Å². The van der Waals surface area contributed by atoms with E-state index in [1.165, 1.54) is 0 Å². The zero-order valence-electron chi connectivity index (χ0n) is 11.2. The molecule has 1 amide bonds. The highest BCUT2D eigenvalue weighted by molar-refractivity contribution is 5.92. The molecular weight excluding hydrogens is 246 g/mol. The smallest absolute Gasteiger partial charge is 0.274 e. The summed E-state index contributed by atoms with van der Waals surface area (Å²) < 4.78 is 5.47. The van der Waals surface area contributed by atoms with Gasteiger partial charge in [0.2, 0.25) is 0 Å². The van der Waals surface area contributed by atoms with Gasteiger partial charge in [0.05, 0.1) is 5.60 Å². The average Bonchev–Trinajstić information content (AvgIpc) is 2.46. The van der Waals surface area contributed by atoms with E-state index in [1.807, 2.05) is 6.92 Å². The Morgan fingerprint density at radius 2 is 2.32 bits per heavy atom. The summed E-state index contributed by atoms with van der Waals surface area (Å²) in [5.74, 6) is 5.51. The average molecular weight is 265 g/mol. The van der Waals surface area contributed by atoms with Crippen LogP contribution in [0.4, 0.5) is 5.82 Å². The second-order valence-electron chi connectivity index (χ2n) is 4.93. The van der Waals surface area contributed by atoms with E-state index in [4.69, 9.17) is 10.6 Å². The van der Waals surface area contributed by atoms with E-state index in [-0.39, 0.29) is 11.5 Å². The number of ether oxygens (including phenoxy) is 1. The molecule has 1 aliphatic heterocycles. The second-order valence-corrected chi connectivity index (χ2v) is 4.93. The molecule has 0 spiro atoms. The number of likely N-dealkylation sites (tertiary alicyclic amines) is 1. The standard InChI is InChI=1S/C12H19N5O2/c1-12(19-2)6-3-7-17(8-12)11(18)9-4-5-10(14-13)16-15-9/h4-5H,3,6-8,13H2,1-2H3,(H,14,16). The number of hydrogen-bond donors (Lipinski definition) is 2. The molecule has 0 aromatic carbocycles. The van der Waals surface area contributed by atoms with E-state index in [0.29, 0.717) is 18.1 Å². The number of anilines is 1. The van der Waals surface area contributed by atoms with Crippen molar-refractivity contribution in [3.8, 4) is 0 Å². The first kappa shape index (κ1) is 13.7. The Morgan fingerprint density at radius 1 is 1.53 bits per heavy atom. The van der Waals surface area contributed by atoms with Gasteiger partial charge in [-0.15, -0.1) is 10.2 Å². The van der Waals surface area contributed by atoms with E-state index < -0.39 is 0 Å². The van der Waals surface area contributed by atoms with Gasteiger partial charge >= 0.3 is 0 Å². The number of nitrogens with two attached hydrogens (primary N) is 1. The fourth-order valence-corrected chi connectivity index (χ4v) is 2.23. The van der Waals surface area contributed by atoms with Gasteiger partial charge < -0.3 is 15.1 Å². The molecule has 0 radical (unpaired) electrons. The van der Waals surface area contributed by atoms with Crippen molar-refractivity contribution in [2.45, 2.75) is 25.4 Å². The van der Waals surface area contributed by atoms with Crippen molar-refractivity contribution in [2.24, 2.45) is 5.84 Å². The van der Waals surface area contributed by atoms with Crippen LogP contribution in [0.5, 0.6) is 0 Å². The molecule has 1 atom stereocenters. The topological polar surface area (TPSA) is 93.4 Å². The molecule has 1 fully saturated rings. The van der Waals surface area contributed by atoms with Gasteiger partial charge in [-0.1, -0.05) is 0 Å². The number of methoxy groups -OCH3 is 1. The van der Waals surface area contributed by atoms with Crippen molar-refractivity contribution < 1.29 is 9.53 Å². The Hall–Kier alpha value is -1.73. The van der Waals surface area contributed by atoms with Gasteiger partial charge in [0.25, 0.3) is 5.91 Å². The number of nitrogens with one attached hydrogen (secondary N) is 1. The molecule has 2 rings (SSSR count). The fourth-order valence-electron chi connectivity index (χ4n) is 2.23. The number of nitrogen functional groups attached to an aromatic ring is 1. The van der Waals surface area contributed by atoms with E-state index in [2.05, 4.69) is 15.6 Å². The summed E-state index contributed by atoms with van der Waals surface area (Å²) >= 11 is 0. The minimum absolute atomic E-state index is 0.126. The van der Waals surface area contributed by atoms with Crippen LogP contribution >= 0.6 is 0 Å². The molecule has 1 aromatic rings. The fraction of sp³-hybridized carbons (Fsp3) is 0.583. The summed E-state index contributed by atoms with van der Waals surface area (Å²) in [6.45, 7) is 3.30. The SMILES string of the molecule is COC1(C)CCCN(C(=O)c2ccc(NN)nn2)C1.